The van der Waals surface area contributed by atoms with Crippen LogP contribution in [0.25, 0.3) is 0 Å². The molecular formula is C14H22BrNO. The zero-order chi connectivity index (χ0) is 12.8. The molecule has 0 aliphatic carbocycles. The van der Waals surface area contributed by atoms with Crippen molar-refractivity contribution < 1.29 is 4.74 Å². The van der Waals surface area contributed by atoms with Gasteiger partial charge in [-0.3, -0.25) is 0 Å². The van der Waals surface area contributed by atoms with Gasteiger partial charge in [0.1, 0.15) is 5.75 Å². The molecule has 17 heavy (non-hydrogen) atoms. The average Bonchev–Trinajstić information content (AvgIpc) is 2.29. The molecule has 1 rings (SSSR count). The van der Waals surface area contributed by atoms with E-state index in [-0.39, 0.29) is 0 Å². The van der Waals surface area contributed by atoms with Gasteiger partial charge in [-0.2, -0.15) is 0 Å². The summed E-state index contributed by atoms with van der Waals surface area (Å²) in [5.74, 6) is 1.64. The van der Waals surface area contributed by atoms with E-state index in [2.05, 4.69) is 42.0 Å². The maximum absolute atomic E-state index is 5.23. The van der Waals surface area contributed by atoms with E-state index in [0.29, 0.717) is 6.04 Å². The van der Waals surface area contributed by atoms with Gasteiger partial charge >= 0.3 is 0 Å². The van der Waals surface area contributed by atoms with Gasteiger partial charge in [0.25, 0.3) is 0 Å². The second-order valence-corrected chi connectivity index (χ2v) is 5.72. The SMILES string of the molecule is COc1ccc(Br)c(NC(C)CCC(C)C)c1. The van der Waals surface area contributed by atoms with Crippen LogP contribution in [-0.2, 0) is 0 Å². The van der Waals surface area contributed by atoms with Crippen LogP contribution in [0.4, 0.5) is 5.69 Å². The van der Waals surface area contributed by atoms with Gasteiger partial charge in [-0.05, 0) is 53.7 Å². The quantitative estimate of drug-likeness (QED) is 0.822. The molecule has 1 unspecified atom stereocenters. The third-order valence-electron chi connectivity index (χ3n) is 2.75. The van der Waals surface area contributed by atoms with E-state index in [1.165, 1.54) is 12.8 Å². The maximum Gasteiger partial charge on any atom is 0.121 e. The van der Waals surface area contributed by atoms with Gasteiger partial charge in [-0.25, -0.2) is 0 Å². The first-order chi connectivity index (χ1) is 8.02. The number of methoxy groups -OCH3 is 1. The van der Waals surface area contributed by atoms with E-state index < -0.39 is 0 Å². The van der Waals surface area contributed by atoms with Crippen LogP contribution >= 0.6 is 15.9 Å². The molecule has 0 saturated heterocycles. The van der Waals surface area contributed by atoms with Crippen LogP contribution in [0.2, 0.25) is 0 Å². The van der Waals surface area contributed by atoms with Gasteiger partial charge in [0.05, 0.1) is 12.8 Å². The smallest absolute Gasteiger partial charge is 0.121 e. The van der Waals surface area contributed by atoms with Crippen molar-refractivity contribution in [3.05, 3.63) is 22.7 Å². The van der Waals surface area contributed by atoms with Crippen molar-refractivity contribution in [2.45, 2.75) is 39.7 Å². The summed E-state index contributed by atoms with van der Waals surface area (Å²) in [5, 5.41) is 3.51. The van der Waals surface area contributed by atoms with E-state index in [0.717, 1.165) is 21.8 Å². The van der Waals surface area contributed by atoms with Crippen molar-refractivity contribution in [1.82, 2.24) is 0 Å². The van der Waals surface area contributed by atoms with Crippen molar-refractivity contribution in [3.63, 3.8) is 0 Å². The molecule has 0 fully saturated rings. The molecule has 0 heterocycles. The molecule has 1 N–H and O–H groups in total. The summed E-state index contributed by atoms with van der Waals surface area (Å²) in [7, 11) is 1.69. The molecule has 0 radical (unpaired) electrons. The Bertz CT molecular complexity index is 352. The normalized spacial score (nSPS) is 12.6. The Morgan fingerprint density at radius 1 is 1.24 bits per heavy atom. The third kappa shape index (κ3) is 4.99. The summed E-state index contributed by atoms with van der Waals surface area (Å²) in [6.07, 6.45) is 2.43. The lowest BCUT2D eigenvalue weighted by Crippen LogP contribution is -2.16. The first kappa shape index (κ1) is 14.4. The van der Waals surface area contributed by atoms with Crippen LogP contribution in [0.5, 0.6) is 5.75 Å². The minimum absolute atomic E-state index is 0.473. The van der Waals surface area contributed by atoms with Crippen molar-refractivity contribution in [1.29, 1.82) is 0 Å². The zero-order valence-corrected chi connectivity index (χ0v) is 12.7. The second kappa shape index (κ2) is 6.90. The van der Waals surface area contributed by atoms with Crippen LogP contribution in [0.15, 0.2) is 22.7 Å². The van der Waals surface area contributed by atoms with Crippen LogP contribution in [0, 0.1) is 5.92 Å². The van der Waals surface area contributed by atoms with Gasteiger partial charge in [0.2, 0.25) is 0 Å². The summed E-state index contributed by atoms with van der Waals surface area (Å²) in [6, 6.07) is 6.46. The number of nitrogens with one attached hydrogen (secondary N) is 1. The largest absolute Gasteiger partial charge is 0.497 e. The summed E-state index contributed by atoms with van der Waals surface area (Å²) < 4.78 is 6.31. The predicted molar refractivity (Wildman–Crippen MR) is 77.9 cm³/mol. The number of ether oxygens (including phenoxy) is 1. The summed E-state index contributed by atoms with van der Waals surface area (Å²) in [4.78, 5) is 0. The van der Waals surface area contributed by atoms with Crippen LogP contribution in [0.3, 0.4) is 0 Å². The first-order valence-electron chi connectivity index (χ1n) is 6.13. The number of halogens is 1. The van der Waals surface area contributed by atoms with Crippen molar-refractivity contribution in [2.75, 3.05) is 12.4 Å². The van der Waals surface area contributed by atoms with E-state index in [9.17, 15) is 0 Å². The highest BCUT2D eigenvalue weighted by Crippen LogP contribution is 2.28. The fraction of sp³-hybridized carbons (Fsp3) is 0.571. The van der Waals surface area contributed by atoms with Gasteiger partial charge in [0, 0.05) is 16.6 Å². The highest BCUT2D eigenvalue weighted by atomic mass is 79.9. The molecule has 0 amide bonds. The standard InChI is InChI=1S/C14H22BrNO/c1-10(2)5-6-11(3)16-14-9-12(17-4)7-8-13(14)15/h7-11,16H,5-6H2,1-4H3. The van der Waals surface area contributed by atoms with Crippen LogP contribution < -0.4 is 10.1 Å². The van der Waals surface area contributed by atoms with E-state index in [1.54, 1.807) is 7.11 Å². The van der Waals surface area contributed by atoms with Crippen LogP contribution in [0.1, 0.15) is 33.6 Å². The van der Waals surface area contributed by atoms with Gasteiger partial charge in [0.15, 0.2) is 0 Å². The lowest BCUT2D eigenvalue weighted by atomic mass is 10.0. The number of hydrogen-bond donors (Lipinski definition) is 1. The molecule has 0 spiro atoms. The highest BCUT2D eigenvalue weighted by molar-refractivity contribution is 9.10. The fourth-order valence-electron chi connectivity index (χ4n) is 1.66. The topological polar surface area (TPSA) is 21.3 Å². The maximum atomic E-state index is 5.23. The van der Waals surface area contributed by atoms with Gasteiger partial charge in [-0.1, -0.05) is 13.8 Å². The van der Waals surface area contributed by atoms with Gasteiger partial charge < -0.3 is 10.1 Å². The molecule has 1 aromatic rings. The summed E-state index contributed by atoms with van der Waals surface area (Å²) >= 11 is 3.55. The highest BCUT2D eigenvalue weighted by Gasteiger charge is 2.07. The third-order valence-corrected chi connectivity index (χ3v) is 3.44. The number of rotatable bonds is 6. The van der Waals surface area contributed by atoms with E-state index >= 15 is 0 Å². The van der Waals surface area contributed by atoms with Gasteiger partial charge in [-0.15, -0.1) is 0 Å². The summed E-state index contributed by atoms with van der Waals surface area (Å²) in [6.45, 7) is 6.73. The second-order valence-electron chi connectivity index (χ2n) is 4.86. The lowest BCUT2D eigenvalue weighted by Gasteiger charge is -2.18. The monoisotopic (exact) mass is 299 g/mol. The summed E-state index contributed by atoms with van der Waals surface area (Å²) in [5.41, 5.74) is 1.10. The Kier molecular flexibility index (Phi) is 5.83. The Hall–Kier alpha value is -0.700. The molecule has 0 saturated carbocycles. The van der Waals surface area contributed by atoms with E-state index in [1.807, 2.05) is 18.2 Å². The molecular weight excluding hydrogens is 278 g/mol. The van der Waals surface area contributed by atoms with Crippen LogP contribution in [-0.4, -0.2) is 13.2 Å². The fourth-order valence-corrected chi connectivity index (χ4v) is 2.02. The number of anilines is 1. The Morgan fingerprint density at radius 2 is 1.94 bits per heavy atom. The van der Waals surface area contributed by atoms with Crippen molar-refractivity contribution >= 4 is 21.6 Å². The van der Waals surface area contributed by atoms with Crippen molar-refractivity contribution in [3.8, 4) is 5.75 Å². The Labute approximate surface area is 113 Å². The molecule has 0 aliphatic rings. The van der Waals surface area contributed by atoms with Crippen molar-refractivity contribution in [2.24, 2.45) is 5.92 Å². The molecule has 0 aliphatic heterocycles. The number of benzene rings is 1. The minimum atomic E-state index is 0.473. The molecule has 96 valence electrons. The van der Waals surface area contributed by atoms with E-state index in [4.69, 9.17) is 4.74 Å². The molecule has 1 aromatic carbocycles. The number of hydrogen-bond acceptors (Lipinski definition) is 2. The average molecular weight is 300 g/mol. The molecule has 2 nitrogen and oxygen atoms in total. The lowest BCUT2D eigenvalue weighted by molar-refractivity contribution is 0.415. The predicted octanol–water partition coefficient (Wildman–Crippen LogP) is 4.69. The first-order valence-corrected chi connectivity index (χ1v) is 6.92. The molecule has 0 bridgehead atoms. The molecule has 3 heteroatoms. The Morgan fingerprint density at radius 3 is 2.53 bits per heavy atom. The molecule has 1 atom stereocenters. The molecule has 0 aromatic heterocycles. The zero-order valence-electron chi connectivity index (χ0n) is 11.1. The minimum Gasteiger partial charge on any atom is -0.497 e. The Balaban J connectivity index is 2.60.